The van der Waals surface area contributed by atoms with Crippen LogP contribution in [0.5, 0.6) is 0 Å². The van der Waals surface area contributed by atoms with E-state index in [-0.39, 0.29) is 6.71 Å². The first-order valence-electron chi connectivity index (χ1n) is 18.7. The quantitative estimate of drug-likeness (QED) is 0.143. The van der Waals surface area contributed by atoms with Crippen LogP contribution in [0.15, 0.2) is 54.6 Å². The molecule has 2 aromatic heterocycles. The van der Waals surface area contributed by atoms with Gasteiger partial charge in [0.25, 0.3) is 0 Å². The molecule has 2 aliphatic rings. The normalized spacial score (nSPS) is 13.1. The van der Waals surface area contributed by atoms with E-state index in [9.17, 15) is 0 Å². The van der Waals surface area contributed by atoms with E-state index in [1.54, 1.807) is 0 Å². The SMILES string of the molecule is Cc1c(C)c(C)c2c(c1C)B1c3c-2cccc3-n2c3c(cccc3c3c(C)c(C)c(C)c(C)c32)-n2c3c1cccc3c1c(C)c(C)c(C)c(C)c12. The van der Waals surface area contributed by atoms with E-state index in [0.717, 1.165) is 0 Å². The summed E-state index contributed by atoms with van der Waals surface area (Å²) in [6, 6.07) is 21.4. The molecule has 0 spiro atoms. The molecule has 51 heavy (non-hydrogen) atoms. The summed E-state index contributed by atoms with van der Waals surface area (Å²) in [6.45, 7) is 28.2. The van der Waals surface area contributed by atoms with Crippen molar-refractivity contribution in [1.29, 1.82) is 0 Å². The van der Waals surface area contributed by atoms with Crippen molar-refractivity contribution in [3.63, 3.8) is 0 Å². The maximum absolute atomic E-state index is 2.70. The molecule has 0 amide bonds. The van der Waals surface area contributed by atoms with Gasteiger partial charge < -0.3 is 9.13 Å². The van der Waals surface area contributed by atoms with Crippen LogP contribution in [-0.2, 0) is 0 Å². The molecule has 2 aliphatic heterocycles. The summed E-state index contributed by atoms with van der Waals surface area (Å²) in [6.07, 6.45) is 0. The van der Waals surface area contributed by atoms with Crippen molar-refractivity contribution in [2.75, 3.05) is 0 Å². The van der Waals surface area contributed by atoms with Gasteiger partial charge in [-0.2, -0.15) is 0 Å². The minimum absolute atomic E-state index is 0.0912. The number of rotatable bonds is 0. The van der Waals surface area contributed by atoms with Gasteiger partial charge in [-0.3, -0.25) is 0 Å². The van der Waals surface area contributed by atoms with E-state index in [2.05, 4.69) is 147 Å². The molecule has 0 radical (unpaired) electrons. The average Bonchev–Trinajstić information content (AvgIpc) is 3.79. The molecule has 4 heterocycles. The second kappa shape index (κ2) is 9.85. The Bertz CT molecular complexity index is 2980. The standard InChI is InChI=1S/C48H45BN2/c1-22-25(4)31(10)43-40(28(22)7)34-16-14-20-38-44(34)49(43)37-19-13-17-35-41-29(8)23(2)27(6)33(12)46(41)51(47(35)37)39-21-15-18-36-42-30(9)24(3)26(5)32(11)45(42)50(38)48(36)39/h13-21H,1-12H3. The molecule has 0 bridgehead atoms. The fourth-order valence-corrected chi connectivity index (χ4v) is 10.7. The van der Waals surface area contributed by atoms with Gasteiger partial charge in [0.2, 0.25) is 6.71 Å². The molecule has 0 aliphatic carbocycles. The number of hydrogen-bond donors (Lipinski definition) is 0. The van der Waals surface area contributed by atoms with Crippen molar-refractivity contribution in [1.82, 2.24) is 9.13 Å². The highest BCUT2D eigenvalue weighted by Crippen LogP contribution is 2.46. The lowest BCUT2D eigenvalue weighted by molar-refractivity contribution is 1.12. The predicted octanol–water partition coefficient (Wildman–Crippen LogP) is 10.4. The maximum Gasteiger partial charge on any atom is 0.248 e. The van der Waals surface area contributed by atoms with Gasteiger partial charge in [-0.1, -0.05) is 53.5 Å². The molecule has 6 aromatic carbocycles. The van der Waals surface area contributed by atoms with Crippen LogP contribution in [-0.4, -0.2) is 15.8 Å². The molecule has 0 atom stereocenters. The summed E-state index contributed by atoms with van der Waals surface area (Å²) in [4.78, 5) is 0. The van der Waals surface area contributed by atoms with Gasteiger partial charge in [0, 0.05) is 32.7 Å². The zero-order valence-corrected chi connectivity index (χ0v) is 32.2. The molecule has 0 saturated heterocycles. The fraction of sp³-hybridized carbons (Fsp3) is 0.250. The van der Waals surface area contributed by atoms with E-state index in [1.807, 2.05) is 0 Å². The van der Waals surface area contributed by atoms with Gasteiger partial charge in [0.15, 0.2) is 0 Å². The van der Waals surface area contributed by atoms with Crippen LogP contribution in [0.3, 0.4) is 0 Å². The van der Waals surface area contributed by atoms with Gasteiger partial charge >= 0.3 is 0 Å². The van der Waals surface area contributed by atoms with Gasteiger partial charge in [-0.15, -0.1) is 0 Å². The van der Waals surface area contributed by atoms with E-state index < -0.39 is 0 Å². The van der Waals surface area contributed by atoms with Gasteiger partial charge in [0.05, 0.1) is 22.2 Å². The number of hydrogen-bond acceptors (Lipinski definition) is 0. The van der Waals surface area contributed by atoms with Crippen LogP contribution in [0.4, 0.5) is 0 Å². The van der Waals surface area contributed by atoms with Crippen molar-refractivity contribution < 1.29 is 0 Å². The number of nitrogens with zero attached hydrogens (tertiary/aromatic N) is 2. The summed E-state index contributed by atoms with van der Waals surface area (Å²) in [5.74, 6) is 0. The first-order valence-corrected chi connectivity index (χ1v) is 18.7. The van der Waals surface area contributed by atoms with Gasteiger partial charge in [-0.25, -0.2) is 0 Å². The topological polar surface area (TPSA) is 9.86 Å². The Hall–Kier alpha value is -5.02. The third-order valence-electron chi connectivity index (χ3n) is 14.3. The molecule has 0 fully saturated rings. The zero-order valence-electron chi connectivity index (χ0n) is 32.2. The molecule has 3 heteroatoms. The van der Waals surface area contributed by atoms with Gasteiger partial charge in [-0.05, 0) is 178 Å². The monoisotopic (exact) mass is 660 g/mol. The van der Waals surface area contributed by atoms with E-state index >= 15 is 0 Å². The molecule has 8 aromatic rings. The average molecular weight is 661 g/mol. The molecule has 2 nitrogen and oxygen atoms in total. The lowest BCUT2D eigenvalue weighted by atomic mass is 9.37. The van der Waals surface area contributed by atoms with E-state index in [0.29, 0.717) is 0 Å². The smallest absolute Gasteiger partial charge is 0.248 e. The van der Waals surface area contributed by atoms with Crippen LogP contribution in [0.25, 0.3) is 66.1 Å². The summed E-state index contributed by atoms with van der Waals surface area (Å²) >= 11 is 0. The van der Waals surface area contributed by atoms with Crippen molar-refractivity contribution in [2.24, 2.45) is 0 Å². The van der Waals surface area contributed by atoms with Crippen LogP contribution in [0.1, 0.15) is 66.8 Å². The summed E-state index contributed by atoms with van der Waals surface area (Å²) in [5, 5.41) is 5.48. The zero-order chi connectivity index (χ0) is 35.7. The third-order valence-corrected chi connectivity index (χ3v) is 14.3. The largest absolute Gasteiger partial charge is 0.307 e. The molecule has 10 rings (SSSR count). The van der Waals surface area contributed by atoms with Crippen molar-refractivity contribution in [3.05, 3.63) is 121 Å². The summed E-state index contributed by atoms with van der Waals surface area (Å²) in [7, 11) is 0. The maximum atomic E-state index is 2.70. The second-order valence-corrected chi connectivity index (χ2v) is 16.0. The molecule has 250 valence electrons. The minimum atomic E-state index is 0.0912. The minimum Gasteiger partial charge on any atom is -0.307 e. The van der Waals surface area contributed by atoms with E-state index in [1.165, 1.54) is 149 Å². The Kier molecular flexibility index (Phi) is 5.95. The van der Waals surface area contributed by atoms with Crippen LogP contribution in [0.2, 0.25) is 0 Å². The highest BCUT2D eigenvalue weighted by atomic mass is 15.1. The van der Waals surface area contributed by atoms with E-state index in [4.69, 9.17) is 0 Å². The first-order chi connectivity index (χ1) is 24.4. The lowest BCUT2D eigenvalue weighted by Crippen LogP contribution is -2.51. The number of benzene rings is 6. The Labute approximate surface area is 301 Å². The van der Waals surface area contributed by atoms with Crippen molar-refractivity contribution in [2.45, 2.75) is 83.1 Å². The van der Waals surface area contributed by atoms with Crippen LogP contribution in [0, 0.1) is 83.1 Å². The van der Waals surface area contributed by atoms with Crippen LogP contribution >= 0.6 is 0 Å². The molecular weight excluding hydrogens is 615 g/mol. The molecule has 0 unspecified atom stereocenters. The third kappa shape index (κ3) is 3.37. The second-order valence-electron chi connectivity index (χ2n) is 16.0. The fourth-order valence-electron chi connectivity index (χ4n) is 10.7. The first kappa shape index (κ1) is 30.8. The van der Waals surface area contributed by atoms with Crippen molar-refractivity contribution in [3.8, 4) is 22.5 Å². The Morgan fingerprint density at radius 1 is 0.373 bits per heavy atom. The summed E-state index contributed by atoms with van der Waals surface area (Å²) in [5.41, 5.74) is 31.9. The predicted molar refractivity (Wildman–Crippen MR) is 222 cm³/mol. The van der Waals surface area contributed by atoms with Gasteiger partial charge in [0.1, 0.15) is 0 Å². The van der Waals surface area contributed by atoms with Crippen LogP contribution < -0.4 is 16.4 Å². The number of fused-ring (bicyclic) bond motifs is 12. The molecular formula is C48H45BN2. The lowest BCUT2D eigenvalue weighted by Gasteiger charge is -2.21. The molecule has 0 saturated carbocycles. The number of para-hydroxylation sites is 2. The Morgan fingerprint density at radius 3 is 1.47 bits per heavy atom. The molecule has 0 N–H and O–H groups in total. The number of aromatic nitrogens is 2. The summed E-state index contributed by atoms with van der Waals surface area (Å²) < 4.78 is 5.40. The highest BCUT2D eigenvalue weighted by molar-refractivity contribution is 7.01. The number of aryl methyl sites for hydroxylation is 4. The van der Waals surface area contributed by atoms with Crippen molar-refractivity contribution >= 4 is 66.7 Å². The Balaban J connectivity index is 1.60. The Morgan fingerprint density at radius 2 is 0.843 bits per heavy atom. The highest BCUT2D eigenvalue weighted by Gasteiger charge is 2.42.